The van der Waals surface area contributed by atoms with E-state index in [4.69, 9.17) is 5.73 Å². The molecule has 3 nitrogen and oxygen atoms in total. The van der Waals surface area contributed by atoms with Gasteiger partial charge in [-0.05, 0) is 45.4 Å². The van der Waals surface area contributed by atoms with E-state index >= 15 is 0 Å². The van der Waals surface area contributed by atoms with Crippen LogP contribution >= 0.6 is 12.4 Å². The molecule has 0 aromatic carbocycles. The summed E-state index contributed by atoms with van der Waals surface area (Å²) < 4.78 is 0. The molecule has 2 N–H and O–H groups in total. The van der Waals surface area contributed by atoms with E-state index in [0.29, 0.717) is 18.0 Å². The van der Waals surface area contributed by atoms with Gasteiger partial charge in [0.1, 0.15) is 0 Å². The van der Waals surface area contributed by atoms with Crippen molar-refractivity contribution >= 4 is 18.3 Å². The molecule has 1 aliphatic heterocycles. The van der Waals surface area contributed by atoms with Crippen molar-refractivity contribution in [3.8, 4) is 0 Å². The Labute approximate surface area is 117 Å². The molecule has 4 heteroatoms. The number of amides is 1. The maximum atomic E-state index is 12.6. The Morgan fingerprint density at radius 2 is 2.00 bits per heavy atom. The van der Waals surface area contributed by atoms with Gasteiger partial charge in [0, 0.05) is 24.0 Å². The third-order valence-electron chi connectivity index (χ3n) is 4.58. The van der Waals surface area contributed by atoms with Crippen molar-refractivity contribution in [3.05, 3.63) is 0 Å². The highest BCUT2D eigenvalue weighted by Crippen LogP contribution is 2.32. The molecule has 0 spiro atoms. The smallest absolute Gasteiger partial charge is 0.226 e. The number of hydrogen-bond acceptors (Lipinski definition) is 2. The standard InChI is InChI=1S/C14H26N2O.ClH/c1-3-13-8-7-10(2)16(13)14(17)11-5-4-6-12(15)9-11;/h10-13H,3-9,15H2,1-2H3;1H. The third-order valence-corrected chi connectivity index (χ3v) is 4.58. The summed E-state index contributed by atoms with van der Waals surface area (Å²) in [6, 6.07) is 1.16. The Hall–Kier alpha value is -0.280. The fourth-order valence-corrected chi connectivity index (χ4v) is 3.53. The van der Waals surface area contributed by atoms with Crippen LogP contribution in [0.2, 0.25) is 0 Å². The summed E-state index contributed by atoms with van der Waals surface area (Å²) in [4.78, 5) is 14.8. The van der Waals surface area contributed by atoms with Crippen LogP contribution in [0.5, 0.6) is 0 Å². The summed E-state index contributed by atoms with van der Waals surface area (Å²) in [5, 5.41) is 0. The fourth-order valence-electron chi connectivity index (χ4n) is 3.53. The van der Waals surface area contributed by atoms with E-state index in [1.807, 2.05) is 0 Å². The first kappa shape index (κ1) is 15.8. The molecule has 4 unspecified atom stereocenters. The summed E-state index contributed by atoms with van der Waals surface area (Å²) in [5.74, 6) is 0.588. The SMILES string of the molecule is CCC1CCC(C)N1C(=O)C1CCCC(N)C1.Cl. The van der Waals surface area contributed by atoms with E-state index < -0.39 is 0 Å². The van der Waals surface area contributed by atoms with Gasteiger partial charge in [0.2, 0.25) is 5.91 Å². The van der Waals surface area contributed by atoms with Gasteiger partial charge in [-0.2, -0.15) is 0 Å². The van der Waals surface area contributed by atoms with Crippen LogP contribution in [-0.4, -0.2) is 28.9 Å². The molecule has 1 aliphatic carbocycles. The van der Waals surface area contributed by atoms with Gasteiger partial charge in [-0.25, -0.2) is 0 Å². The van der Waals surface area contributed by atoms with Crippen molar-refractivity contribution in [2.45, 2.75) is 76.9 Å². The zero-order valence-electron chi connectivity index (χ0n) is 11.6. The normalized spacial score (nSPS) is 36.3. The highest BCUT2D eigenvalue weighted by atomic mass is 35.5. The quantitative estimate of drug-likeness (QED) is 0.842. The van der Waals surface area contributed by atoms with Crippen LogP contribution < -0.4 is 5.73 Å². The second-order valence-electron chi connectivity index (χ2n) is 5.86. The second kappa shape index (κ2) is 6.76. The molecule has 0 bridgehead atoms. The Morgan fingerprint density at radius 1 is 1.28 bits per heavy atom. The molecule has 0 aromatic rings. The maximum Gasteiger partial charge on any atom is 0.226 e. The van der Waals surface area contributed by atoms with Gasteiger partial charge in [-0.3, -0.25) is 4.79 Å². The van der Waals surface area contributed by atoms with Crippen LogP contribution in [-0.2, 0) is 4.79 Å². The molecule has 4 atom stereocenters. The summed E-state index contributed by atoms with van der Waals surface area (Å²) >= 11 is 0. The molecular weight excluding hydrogens is 248 g/mol. The van der Waals surface area contributed by atoms with Crippen LogP contribution in [0, 0.1) is 5.92 Å². The number of hydrogen-bond donors (Lipinski definition) is 1. The Kier molecular flexibility index (Phi) is 5.93. The number of halogens is 1. The summed E-state index contributed by atoms with van der Waals surface area (Å²) in [7, 11) is 0. The summed E-state index contributed by atoms with van der Waals surface area (Å²) in [5.41, 5.74) is 5.99. The molecular formula is C14H27ClN2O. The largest absolute Gasteiger partial charge is 0.337 e. The van der Waals surface area contributed by atoms with Crippen molar-refractivity contribution in [3.63, 3.8) is 0 Å². The summed E-state index contributed by atoms with van der Waals surface area (Å²) in [6.45, 7) is 4.38. The van der Waals surface area contributed by atoms with Crippen molar-refractivity contribution in [2.75, 3.05) is 0 Å². The van der Waals surface area contributed by atoms with Crippen LogP contribution in [0.15, 0.2) is 0 Å². The van der Waals surface area contributed by atoms with Gasteiger partial charge in [-0.15, -0.1) is 12.4 Å². The van der Waals surface area contributed by atoms with Crippen LogP contribution in [0.25, 0.3) is 0 Å². The van der Waals surface area contributed by atoms with Gasteiger partial charge in [0.25, 0.3) is 0 Å². The Morgan fingerprint density at radius 3 is 2.61 bits per heavy atom. The number of nitrogens with zero attached hydrogens (tertiary/aromatic N) is 1. The summed E-state index contributed by atoms with van der Waals surface area (Å²) in [6.07, 6.45) is 7.61. The molecule has 1 amide bonds. The van der Waals surface area contributed by atoms with E-state index in [9.17, 15) is 4.79 Å². The topological polar surface area (TPSA) is 46.3 Å². The van der Waals surface area contributed by atoms with Gasteiger partial charge in [0.15, 0.2) is 0 Å². The van der Waals surface area contributed by atoms with Gasteiger partial charge >= 0.3 is 0 Å². The van der Waals surface area contributed by atoms with E-state index in [1.165, 1.54) is 12.8 Å². The lowest BCUT2D eigenvalue weighted by Crippen LogP contribution is -2.45. The molecule has 1 heterocycles. The maximum absolute atomic E-state index is 12.6. The minimum atomic E-state index is 0. The lowest BCUT2D eigenvalue weighted by molar-refractivity contribution is -0.139. The van der Waals surface area contributed by atoms with E-state index in [2.05, 4.69) is 18.7 Å². The van der Waals surface area contributed by atoms with Crippen LogP contribution in [0.1, 0.15) is 58.8 Å². The molecule has 2 aliphatic rings. The van der Waals surface area contributed by atoms with E-state index in [0.717, 1.165) is 32.1 Å². The molecule has 106 valence electrons. The van der Waals surface area contributed by atoms with Gasteiger partial charge in [0.05, 0.1) is 0 Å². The first-order chi connectivity index (χ1) is 8.13. The minimum Gasteiger partial charge on any atom is -0.337 e. The molecule has 0 aromatic heterocycles. The van der Waals surface area contributed by atoms with E-state index in [1.54, 1.807) is 0 Å². The monoisotopic (exact) mass is 274 g/mol. The van der Waals surface area contributed by atoms with Gasteiger partial charge in [-0.1, -0.05) is 13.3 Å². The van der Waals surface area contributed by atoms with Crippen LogP contribution in [0.3, 0.4) is 0 Å². The predicted octanol–water partition coefficient (Wildman–Crippen LogP) is 2.72. The highest BCUT2D eigenvalue weighted by molar-refractivity contribution is 5.85. The third kappa shape index (κ3) is 3.18. The van der Waals surface area contributed by atoms with Crippen molar-refractivity contribution in [1.29, 1.82) is 0 Å². The minimum absolute atomic E-state index is 0. The van der Waals surface area contributed by atoms with Crippen molar-refractivity contribution < 1.29 is 4.79 Å². The molecule has 2 fully saturated rings. The molecule has 1 saturated carbocycles. The first-order valence-electron chi connectivity index (χ1n) is 7.21. The van der Waals surface area contributed by atoms with Crippen molar-refractivity contribution in [2.24, 2.45) is 11.7 Å². The number of rotatable bonds is 2. The Bertz CT molecular complexity index is 285. The first-order valence-corrected chi connectivity index (χ1v) is 7.21. The predicted molar refractivity (Wildman–Crippen MR) is 76.8 cm³/mol. The molecule has 2 rings (SSSR count). The molecule has 1 saturated heterocycles. The number of likely N-dealkylation sites (tertiary alicyclic amines) is 1. The fraction of sp³-hybridized carbons (Fsp3) is 0.929. The molecule has 18 heavy (non-hydrogen) atoms. The van der Waals surface area contributed by atoms with E-state index in [-0.39, 0.29) is 24.4 Å². The number of carbonyl (C=O) groups is 1. The second-order valence-corrected chi connectivity index (χ2v) is 5.86. The zero-order chi connectivity index (χ0) is 12.4. The average Bonchev–Trinajstić information content (AvgIpc) is 2.69. The zero-order valence-corrected chi connectivity index (χ0v) is 12.4. The van der Waals surface area contributed by atoms with Crippen LogP contribution in [0.4, 0.5) is 0 Å². The van der Waals surface area contributed by atoms with Gasteiger partial charge < -0.3 is 10.6 Å². The average molecular weight is 275 g/mol. The lowest BCUT2D eigenvalue weighted by atomic mass is 9.85. The Balaban J connectivity index is 0.00000162. The number of carbonyl (C=O) groups excluding carboxylic acids is 1. The lowest BCUT2D eigenvalue weighted by Gasteiger charge is -2.34. The number of nitrogens with two attached hydrogens (primary N) is 1. The highest BCUT2D eigenvalue weighted by Gasteiger charge is 2.37. The van der Waals surface area contributed by atoms with Crippen molar-refractivity contribution in [1.82, 2.24) is 4.90 Å². The molecule has 0 radical (unpaired) electrons.